The number of rotatable bonds is 4. The Bertz CT molecular complexity index is 1450. The topological polar surface area (TPSA) is 78.6 Å². The van der Waals surface area contributed by atoms with E-state index < -0.39 is 17.4 Å². The van der Waals surface area contributed by atoms with Crippen molar-refractivity contribution in [2.24, 2.45) is 0 Å². The lowest BCUT2D eigenvalue weighted by molar-refractivity contribution is -0.274. The molecule has 2 aromatic heterocycles. The first kappa shape index (κ1) is 21.8. The van der Waals surface area contributed by atoms with Crippen LogP contribution in [0, 0.1) is 6.92 Å². The summed E-state index contributed by atoms with van der Waals surface area (Å²) in [6, 6.07) is 7.28. The van der Waals surface area contributed by atoms with Crippen LogP contribution in [0.2, 0.25) is 0 Å². The Balaban J connectivity index is 1.30. The molecular weight excluding hydrogens is 465 g/mol. The molecule has 1 aliphatic carbocycles. The van der Waals surface area contributed by atoms with Gasteiger partial charge in [0.15, 0.2) is 0 Å². The molecule has 11 heteroatoms. The molecule has 2 aliphatic heterocycles. The fourth-order valence-electron chi connectivity index (χ4n) is 5.45. The number of ether oxygens (including phenoxy) is 2. The summed E-state index contributed by atoms with van der Waals surface area (Å²) in [4.78, 5) is 32.2. The number of aryl methyl sites for hydroxylation is 1. The van der Waals surface area contributed by atoms with Gasteiger partial charge in [-0.15, -0.1) is 13.2 Å². The van der Waals surface area contributed by atoms with Crippen LogP contribution in [0.15, 0.2) is 47.7 Å². The highest BCUT2D eigenvalue weighted by atomic mass is 19.4. The van der Waals surface area contributed by atoms with Gasteiger partial charge in [-0.25, -0.2) is 4.98 Å². The maximum absolute atomic E-state index is 13.4. The lowest BCUT2D eigenvalue weighted by Gasteiger charge is -2.32. The number of benzene rings is 1. The molecular formula is C24H21F3N4O4. The van der Waals surface area contributed by atoms with E-state index >= 15 is 0 Å². The zero-order chi connectivity index (χ0) is 24.8. The zero-order valence-electron chi connectivity index (χ0n) is 18.9. The molecule has 0 radical (unpaired) electrons. The third-order valence-electron chi connectivity index (χ3n) is 7.27. The van der Waals surface area contributed by atoms with Crippen LogP contribution in [-0.4, -0.2) is 50.0 Å². The fraction of sp³-hybridized carbons (Fsp3) is 0.375. The predicted molar refractivity (Wildman–Crippen MR) is 117 cm³/mol. The van der Waals surface area contributed by atoms with Crippen molar-refractivity contribution < 1.29 is 27.4 Å². The number of nitrogens with zero attached hydrogens (tertiary/aromatic N) is 4. The third kappa shape index (κ3) is 3.24. The number of pyridine rings is 1. The number of imidazole rings is 1. The molecule has 3 aromatic rings. The van der Waals surface area contributed by atoms with Crippen molar-refractivity contribution in [1.82, 2.24) is 19.0 Å². The van der Waals surface area contributed by atoms with Crippen LogP contribution in [-0.2, 0) is 12.0 Å². The van der Waals surface area contributed by atoms with Gasteiger partial charge in [-0.05, 0) is 44.2 Å². The minimum Gasteiger partial charge on any atom is -0.486 e. The monoisotopic (exact) mass is 486 g/mol. The van der Waals surface area contributed by atoms with Crippen LogP contribution in [0.25, 0.3) is 5.69 Å². The molecule has 2 atom stereocenters. The Hall–Kier alpha value is -3.76. The van der Waals surface area contributed by atoms with E-state index in [2.05, 4.69) is 9.72 Å². The molecule has 4 heterocycles. The van der Waals surface area contributed by atoms with Gasteiger partial charge in [0.2, 0.25) is 0 Å². The number of carbonyl (C=O) groups is 1. The summed E-state index contributed by atoms with van der Waals surface area (Å²) in [7, 11) is 0. The van der Waals surface area contributed by atoms with E-state index in [9.17, 15) is 22.8 Å². The summed E-state index contributed by atoms with van der Waals surface area (Å²) < 4.78 is 51.6. The predicted octanol–water partition coefficient (Wildman–Crippen LogP) is 3.19. The SMILES string of the molecule is Cc1cn(-c2ccc3n(c2=O)CCN(CC24CC2(C)Oc2ccc(OC(F)(F)F)cc24)C3=O)cn1. The molecule has 0 bridgehead atoms. The molecule has 0 saturated heterocycles. The van der Waals surface area contributed by atoms with Crippen molar-refractivity contribution in [1.29, 1.82) is 0 Å². The number of hydrogen-bond donors (Lipinski definition) is 0. The molecule has 1 saturated carbocycles. The van der Waals surface area contributed by atoms with Gasteiger partial charge in [-0.3, -0.25) is 9.59 Å². The Morgan fingerprint density at radius 2 is 1.97 bits per heavy atom. The number of carbonyl (C=O) groups excluding carboxylic acids is 1. The summed E-state index contributed by atoms with van der Waals surface area (Å²) >= 11 is 0. The first-order chi connectivity index (χ1) is 16.5. The Labute approximate surface area is 197 Å². The molecule has 0 N–H and O–H groups in total. The summed E-state index contributed by atoms with van der Waals surface area (Å²) in [5.41, 5.74) is 0.498. The van der Waals surface area contributed by atoms with E-state index in [0.717, 1.165) is 5.69 Å². The molecule has 1 fully saturated rings. The molecule has 2 unspecified atom stereocenters. The Kier molecular flexibility index (Phi) is 4.28. The molecule has 6 rings (SSSR count). The van der Waals surface area contributed by atoms with E-state index in [1.807, 2.05) is 13.8 Å². The van der Waals surface area contributed by atoms with Crippen LogP contribution in [0.1, 0.15) is 35.1 Å². The first-order valence-corrected chi connectivity index (χ1v) is 11.1. The number of alkyl halides is 3. The van der Waals surface area contributed by atoms with Gasteiger partial charge < -0.3 is 23.5 Å². The van der Waals surface area contributed by atoms with Crippen molar-refractivity contribution in [3.05, 3.63) is 70.2 Å². The fourth-order valence-corrected chi connectivity index (χ4v) is 5.45. The average Bonchev–Trinajstić information content (AvgIpc) is 3.02. The van der Waals surface area contributed by atoms with Gasteiger partial charge >= 0.3 is 6.36 Å². The van der Waals surface area contributed by atoms with Crippen molar-refractivity contribution >= 4 is 5.91 Å². The quantitative estimate of drug-likeness (QED) is 0.566. The van der Waals surface area contributed by atoms with Crippen molar-refractivity contribution in [2.45, 2.75) is 44.2 Å². The highest BCUT2D eigenvalue weighted by molar-refractivity contribution is 5.93. The maximum atomic E-state index is 13.4. The second-order valence-corrected chi connectivity index (χ2v) is 9.51. The van der Waals surface area contributed by atoms with Crippen molar-refractivity contribution in [2.75, 3.05) is 13.1 Å². The van der Waals surface area contributed by atoms with Crippen LogP contribution in [0.3, 0.4) is 0 Å². The molecule has 35 heavy (non-hydrogen) atoms. The zero-order valence-corrected chi connectivity index (χ0v) is 18.9. The minimum atomic E-state index is -4.80. The van der Waals surface area contributed by atoms with Crippen molar-refractivity contribution in [3.8, 4) is 17.2 Å². The number of amides is 1. The second kappa shape index (κ2) is 6.89. The number of halogens is 3. The highest BCUT2D eigenvalue weighted by Crippen LogP contribution is 2.67. The van der Waals surface area contributed by atoms with E-state index in [1.165, 1.54) is 22.8 Å². The number of fused-ring (bicyclic) bond motifs is 4. The summed E-state index contributed by atoms with van der Waals surface area (Å²) in [6.45, 7) is 4.58. The minimum absolute atomic E-state index is 0.265. The third-order valence-corrected chi connectivity index (χ3v) is 7.27. The number of hydrogen-bond acceptors (Lipinski definition) is 5. The standard InChI is InChI=1S/C24H21F3N4O4/c1-14-10-30(13-28-14)17-4-5-18-20(32)29(7-8-31(18)21(17)33)12-23-11-22(23,2)35-19-6-3-15(9-16(19)23)34-24(25,26)27/h3-6,9-10,13H,7-8,11-12H2,1-2H3. The largest absolute Gasteiger partial charge is 0.573 e. The van der Waals surface area contributed by atoms with Crippen LogP contribution in [0.4, 0.5) is 13.2 Å². The van der Waals surface area contributed by atoms with E-state index in [0.29, 0.717) is 36.5 Å². The molecule has 0 spiro atoms. The normalized spacial score (nSPS) is 24.5. The second-order valence-electron chi connectivity index (χ2n) is 9.51. The summed E-state index contributed by atoms with van der Waals surface area (Å²) in [5.74, 6) is -0.129. The van der Waals surface area contributed by atoms with Crippen LogP contribution >= 0.6 is 0 Å². The van der Waals surface area contributed by atoms with Crippen LogP contribution < -0.4 is 15.0 Å². The van der Waals surface area contributed by atoms with E-state index in [4.69, 9.17) is 4.74 Å². The lowest BCUT2D eigenvalue weighted by Crippen LogP contribution is -2.48. The lowest BCUT2D eigenvalue weighted by atomic mass is 9.92. The summed E-state index contributed by atoms with van der Waals surface area (Å²) in [5, 5.41) is 0. The molecule has 182 valence electrons. The number of aromatic nitrogens is 3. The van der Waals surface area contributed by atoms with Crippen LogP contribution in [0.5, 0.6) is 11.5 Å². The molecule has 3 aliphatic rings. The maximum Gasteiger partial charge on any atom is 0.573 e. The van der Waals surface area contributed by atoms with E-state index in [-0.39, 0.29) is 29.5 Å². The average molecular weight is 486 g/mol. The van der Waals surface area contributed by atoms with Gasteiger partial charge in [0, 0.05) is 37.8 Å². The van der Waals surface area contributed by atoms with Gasteiger partial charge in [-0.1, -0.05) is 0 Å². The molecule has 1 aromatic carbocycles. The summed E-state index contributed by atoms with van der Waals surface area (Å²) in [6.07, 6.45) is -0.945. The Morgan fingerprint density at radius 1 is 1.17 bits per heavy atom. The highest BCUT2D eigenvalue weighted by Gasteiger charge is 2.73. The smallest absolute Gasteiger partial charge is 0.486 e. The van der Waals surface area contributed by atoms with Gasteiger partial charge in [0.25, 0.3) is 11.5 Å². The molecule has 1 amide bonds. The Morgan fingerprint density at radius 3 is 2.69 bits per heavy atom. The first-order valence-electron chi connectivity index (χ1n) is 11.1. The van der Waals surface area contributed by atoms with Gasteiger partial charge in [-0.2, -0.15) is 0 Å². The molecule has 8 nitrogen and oxygen atoms in total. The van der Waals surface area contributed by atoms with Gasteiger partial charge in [0.1, 0.15) is 28.5 Å². The van der Waals surface area contributed by atoms with Crippen molar-refractivity contribution in [3.63, 3.8) is 0 Å². The van der Waals surface area contributed by atoms with Gasteiger partial charge in [0.05, 0.1) is 17.4 Å². The van der Waals surface area contributed by atoms with E-state index in [1.54, 1.807) is 34.1 Å².